The average Bonchev–Trinajstić information content (AvgIpc) is 3.14. The molecule has 0 amide bonds. The summed E-state index contributed by atoms with van der Waals surface area (Å²) >= 11 is 3.25. The number of benzene rings is 2. The van der Waals surface area contributed by atoms with E-state index in [2.05, 4.69) is 30.4 Å². The molecule has 0 saturated heterocycles. The maximum Gasteiger partial charge on any atom is 0.262 e. The van der Waals surface area contributed by atoms with Crippen LogP contribution in [0, 0.1) is 0 Å². The summed E-state index contributed by atoms with van der Waals surface area (Å²) in [7, 11) is -6.29. The molecule has 3 rings (SSSR count). The van der Waals surface area contributed by atoms with Crippen molar-refractivity contribution in [3.05, 3.63) is 46.9 Å². The zero-order valence-electron chi connectivity index (χ0n) is 14.8. The molecule has 0 atom stereocenters. The van der Waals surface area contributed by atoms with Gasteiger partial charge in [-0.3, -0.25) is 14.4 Å². The number of hydrogen-bond acceptors (Lipinski definition) is 6. The summed E-state index contributed by atoms with van der Waals surface area (Å²) in [6.07, 6.45) is 1.37. The van der Waals surface area contributed by atoms with E-state index in [0.717, 1.165) is 6.42 Å². The molecule has 2 aromatic rings. The first kappa shape index (κ1) is 20.6. The van der Waals surface area contributed by atoms with Crippen LogP contribution in [-0.4, -0.2) is 36.3 Å². The van der Waals surface area contributed by atoms with Crippen LogP contribution in [0.5, 0.6) is 5.75 Å². The summed E-state index contributed by atoms with van der Waals surface area (Å²) in [6.45, 7) is 0.592. The van der Waals surface area contributed by atoms with Crippen LogP contribution < -0.4 is 14.2 Å². The largest absolute Gasteiger partial charge is 0.496 e. The smallest absolute Gasteiger partial charge is 0.262 e. The molecular weight excluding hydrogens is 470 g/mol. The maximum absolute atomic E-state index is 12.6. The van der Waals surface area contributed by atoms with Gasteiger partial charge in [0.2, 0.25) is 0 Å². The molecule has 0 unspecified atom stereocenters. The molecule has 0 fully saturated rings. The quantitative estimate of drug-likeness (QED) is 0.649. The summed E-state index contributed by atoms with van der Waals surface area (Å²) in [5, 5.41) is 0. The van der Waals surface area contributed by atoms with Crippen LogP contribution in [0.4, 0.5) is 5.69 Å². The third-order valence-corrected chi connectivity index (χ3v) is 7.33. The van der Waals surface area contributed by atoms with E-state index in [0.29, 0.717) is 29.0 Å². The number of amidine groups is 1. The zero-order valence-corrected chi connectivity index (χ0v) is 18.1. The van der Waals surface area contributed by atoms with Crippen LogP contribution in [0.3, 0.4) is 0 Å². The molecule has 8 nitrogen and oxygen atoms in total. The standard InChI is InChI=1S/C17H18BrN3O5S2/c1-26-16-8-7-14(11-15(16)18)27(22,23)20-12-4-2-5-13(10-12)28(24,25)21-17-6-3-9-19-17/h2,4-5,7-8,10-11,20H,3,6,9H2,1H3,(H,19,21). The number of halogens is 1. The molecule has 1 aliphatic rings. The molecule has 0 bridgehead atoms. The number of sulfonamides is 2. The number of anilines is 1. The molecule has 150 valence electrons. The monoisotopic (exact) mass is 487 g/mol. The molecule has 1 heterocycles. The number of methoxy groups -OCH3 is 1. The van der Waals surface area contributed by atoms with Crippen molar-refractivity contribution in [2.75, 3.05) is 18.4 Å². The molecule has 0 saturated carbocycles. The first-order valence-electron chi connectivity index (χ1n) is 8.24. The average molecular weight is 488 g/mol. The molecule has 2 N–H and O–H groups in total. The van der Waals surface area contributed by atoms with E-state index in [1.54, 1.807) is 0 Å². The van der Waals surface area contributed by atoms with Crippen molar-refractivity contribution < 1.29 is 21.6 Å². The Morgan fingerprint density at radius 1 is 1.00 bits per heavy atom. The third-order valence-electron chi connectivity index (χ3n) is 3.96. The highest BCUT2D eigenvalue weighted by atomic mass is 79.9. The summed E-state index contributed by atoms with van der Waals surface area (Å²) in [5.41, 5.74) is 0.128. The van der Waals surface area contributed by atoms with Crippen molar-refractivity contribution in [2.24, 2.45) is 4.99 Å². The van der Waals surface area contributed by atoms with Crippen molar-refractivity contribution >= 4 is 47.5 Å². The zero-order chi connectivity index (χ0) is 20.4. The highest BCUT2D eigenvalue weighted by molar-refractivity contribution is 9.10. The fourth-order valence-corrected chi connectivity index (χ4v) is 5.49. The van der Waals surface area contributed by atoms with E-state index >= 15 is 0 Å². The van der Waals surface area contributed by atoms with Crippen molar-refractivity contribution in [2.45, 2.75) is 22.6 Å². The van der Waals surface area contributed by atoms with Gasteiger partial charge in [0.15, 0.2) is 0 Å². The molecule has 2 aromatic carbocycles. The lowest BCUT2D eigenvalue weighted by Crippen LogP contribution is -2.29. The predicted octanol–water partition coefficient (Wildman–Crippen LogP) is 2.73. The Morgan fingerprint density at radius 2 is 1.71 bits per heavy atom. The van der Waals surface area contributed by atoms with E-state index in [4.69, 9.17) is 4.74 Å². The lowest BCUT2D eigenvalue weighted by atomic mass is 10.3. The predicted molar refractivity (Wildman–Crippen MR) is 110 cm³/mol. The Bertz CT molecular complexity index is 1130. The topological polar surface area (TPSA) is 114 Å². The second-order valence-electron chi connectivity index (χ2n) is 5.97. The van der Waals surface area contributed by atoms with Crippen LogP contribution in [0.2, 0.25) is 0 Å². The van der Waals surface area contributed by atoms with Crippen molar-refractivity contribution in [3.63, 3.8) is 0 Å². The van der Waals surface area contributed by atoms with E-state index in [1.807, 2.05) is 0 Å². The second-order valence-corrected chi connectivity index (χ2v) is 10.2. The second kappa shape index (κ2) is 8.10. The van der Waals surface area contributed by atoms with Gasteiger partial charge in [0.1, 0.15) is 11.6 Å². The normalized spacial score (nSPS) is 14.4. The van der Waals surface area contributed by atoms with Gasteiger partial charge < -0.3 is 4.74 Å². The number of rotatable bonds is 6. The maximum atomic E-state index is 12.6. The van der Waals surface area contributed by atoms with Gasteiger partial charge in [-0.2, -0.15) is 0 Å². The van der Waals surface area contributed by atoms with Gasteiger partial charge in [-0.05, 0) is 58.7 Å². The van der Waals surface area contributed by atoms with Crippen molar-refractivity contribution in [1.82, 2.24) is 4.72 Å². The minimum absolute atomic E-state index is 0.00636. The Labute approximate surface area is 172 Å². The van der Waals surface area contributed by atoms with Gasteiger partial charge >= 0.3 is 0 Å². The molecule has 0 radical (unpaired) electrons. The number of aliphatic imine (C=N–C) groups is 1. The number of ether oxygens (including phenoxy) is 1. The van der Waals surface area contributed by atoms with Crippen LogP contribution in [0.15, 0.2) is 61.7 Å². The fraction of sp³-hybridized carbons (Fsp3) is 0.235. The SMILES string of the molecule is COc1ccc(S(=O)(=O)Nc2cccc(S(=O)(=O)NC3=NCCC3)c2)cc1Br. The highest BCUT2D eigenvalue weighted by Crippen LogP contribution is 2.28. The van der Waals surface area contributed by atoms with Crippen LogP contribution >= 0.6 is 15.9 Å². The Balaban J connectivity index is 1.85. The van der Waals surface area contributed by atoms with Gasteiger partial charge in [0.25, 0.3) is 20.0 Å². The van der Waals surface area contributed by atoms with Gasteiger partial charge in [-0.15, -0.1) is 0 Å². The molecule has 0 aliphatic carbocycles. The minimum atomic E-state index is -3.92. The van der Waals surface area contributed by atoms with Crippen molar-refractivity contribution in [3.8, 4) is 5.75 Å². The summed E-state index contributed by atoms with van der Waals surface area (Å²) in [4.78, 5) is 4.04. The molecular formula is C17H18BrN3O5S2. The van der Waals surface area contributed by atoms with Gasteiger partial charge in [-0.25, -0.2) is 16.8 Å². The minimum Gasteiger partial charge on any atom is -0.496 e. The van der Waals surface area contributed by atoms with Crippen LogP contribution in [-0.2, 0) is 20.0 Å². The molecule has 0 aromatic heterocycles. The van der Waals surface area contributed by atoms with E-state index in [-0.39, 0.29) is 15.5 Å². The fourth-order valence-electron chi connectivity index (χ4n) is 2.59. The van der Waals surface area contributed by atoms with Crippen LogP contribution in [0.1, 0.15) is 12.8 Å². The summed E-state index contributed by atoms with van der Waals surface area (Å²) < 4.78 is 60.7. The molecule has 28 heavy (non-hydrogen) atoms. The lowest BCUT2D eigenvalue weighted by Gasteiger charge is -2.12. The van der Waals surface area contributed by atoms with Crippen molar-refractivity contribution in [1.29, 1.82) is 0 Å². The molecule has 1 aliphatic heterocycles. The Morgan fingerprint density at radius 3 is 2.36 bits per heavy atom. The lowest BCUT2D eigenvalue weighted by molar-refractivity contribution is 0.411. The first-order chi connectivity index (χ1) is 13.2. The Kier molecular flexibility index (Phi) is 5.96. The van der Waals surface area contributed by atoms with E-state index in [1.165, 1.54) is 49.6 Å². The first-order valence-corrected chi connectivity index (χ1v) is 12.0. The van der Waals surface area contributed by atoms with Gasteiger partial charge in [-0.1, -0.05) is 6.07 Å². The highest BCUT2D eigenvalue weighted by Gasteiger charge is 2.20. The van der Waals surface area contributed by atoms with Crippen LogP contribution in [0.25, 0.3) is 0 Å². The third kappa shape index (κ3) is 4.65. The van der Waals surface area contributed by atoms with Gasteiger partial charge in [0.05, 0.1) is 27.1 Å². The van der Waals surface area contributed by atoms with E-state index in [9.17, 15) is 16.8 Å². The summed E-state index contributed by atoms with van der Waals surface area (Å²) in [5.74, 6) is 0.905. The summed E-state index contributed by atoms with van der Waals surface area (Å²) in [6, 6.07) is 9.91. The molecule has 11 heteroatoms. The molecule has 0 spiro atoms. The van der Waals surface area contributed by atoms with Gasteiger partial charge in [0, 0.05) is 13.0 Å². The Hall–Kier alpha value is -2.11. The van der Waals surface area contributed by atoms with E-state index < -0.39 is 20.0 Å². The number of nitrogens with zero attached hydrogens (tertiary/aromatic N) is 1. The number of hydrogen-bond donors (Lipinski definition) is 2. The number of nitrogens with one attached hydrogen (secondary N) is 2.